The van der Waals surface area contributed by atoms with Gasteiger partial charge in [-0.3, -0.25) is 0 Å². The minimum absolute atomic E-state index is 0.0130. The van der Waals surface area contributed by atoms with Gasteiger partial charge in [0.05, 0.1) is 11.1 Å². The molecule has 4 heteroatoms. The van der Waals surface area contributed by atoms with Gasteiger partial charge in [-0.05, 0) is 25.0 Å². The van der Waals surface area contributed by atoms with Crippen molar-refractivity contribution in [1.82, 2.24) is 0 Å². The summed E-state index contributed by atoms with van der Waals surface area (Å²) in [7, 11) is 0. The van der Waals surface area contributed by atoms with Crippen LogP contribution in [-0.2, 0) is 4.74 Å². The standard InChI is InChI=1S/C16H16O4/c1-16-8-6-10(7-9-16)13(16)20-15(19)12-5-3-2-4-11(12)14(17)18/h2-6,8,10,13H,7,9H2,1H3,(H,17,18)/t10-,13-,16-/m0/s1. The summed E-state index contributed by atoms with van der Waals surface area (Å²) >= 11 is 0. The molecule has 2 aliphatic carbocycles. The van der Waals surface area contributed by atoms with E-state index in [0.717, 1.165) is 12.8 Å². The van der Waals surface area contributed by atoms with Gasteiger partial charge in [0.2, 0.25) is 0 Å². The van der Waals surface area contributed by atoms with Crippen molar-refractivity contribution in [2.45, 2.75) is 25.9 Å². The second-order valence-corrected chi connectivity index (χ2v) is 5.74. The monoisotopic (exact) mass is 272 g/mol. The van der Waals surface area contributed by atoms with Crippen LogP contribution in [0.15, 0.2) is 36.4 Å². The predicted molar refractivity (Wildman–Crippen MR) is 72.6 cm³/mol. The Kier molecular flexibility index (Phi) is 2.89. The number of carboxylic acids is 1. The van der Waals surface area contributed by atoms with Crippen molar-refractivity contribution in [2.75, 3.05) is 0 Å². The summed E-state index contributed by atoms with van der Waals surface area (Å²) in [6, 6.07) is 6.16. The van der Waals surface area contributed by atoms with Crippen molar-refractivity contribution in [3.05, 3.63) is 47.5 Å². The van der Waals surface area contributed by atoms with Gasteiger partial charge in [0.25, 0.3) is 0 Å². The van der Waals surface area contributed by atoms with Gasteiger partial charge in [0.15, 0.2) is 0 Å². The Morgan fingerprint density at radius 2 is 2.00 bits per heavy atom. The Bertz CT molecular complexity index is 604. The number of esters is 1. The molecule has 20 heavy (non-hydrogen) atoms. The highest BCUT2D eigenvalue weighted by Crippen LogP contribution is 2.50. The molecule has 0 radical (unpaired) electrons. The molecule has 2 bridgehead atoms. The van der Waals surface area contributed by atoms with Gasteiger partial charge in [0.1, 0.15) is 6.10 Å². The Labute approximate surface area is 117 Å². The van der Waals surface area contributed by atoms with Gasteiger partial charge in [-0.2, -0.15) is 0 Å². The van der Waals surface area contributed by atoms with Crippen LogP contribution in [-0.4, -0.2) is 23.1 Å². The van der Waals surface area contributed by atoms with Crippen LogP contribution in [0.25, 0.3) is 0 Å². The molecule has 0 aromatic heterocycles. The van der Waals surface area contributed by atoms with Crippen molar-refractivity contribution < 1.29 is 19.4 Å². The summed E-state index contributed by atoms with van der Waals surface area (Å²) in [5, 5.41) is 9.12. The summed E-state index contributed by atoms with van der Waals surface area (Å²) in [5.74, 6) is -1.40. The largest absolute Gasteiger partial charge is 0.478 e. The third kappa shape index (κ3) is 1.92. The quantitative estimate of drug-likeness (QED) is 0.678. The number of carbonyl (C=O) groups is 2. The molecule has 104 valence electrons. The molecule has 1 aromatic rings. The van der Waals surface area contributed by atoms with Crippen LogP contribution >= 0.6 is 0 Å². The average Bonchev–Trinajstić information content (AvgIpc) is 2.91. The molecule has 0 heterocycles. The van der Waals surface area contributed by atoms with Crippen LogP contribution in [0.1, 0.15) is 40.5 Å². The SMILES string of the molecule is C[C@]12C=C[C@@H](CC1)[C@@H]2OC(=O)c1ccccc1C(=O)O. The summed E-state index contributed by atoms with van der Waals surface area (Å²) in [6.45, 7) is 2.08. The van der Waals surface area contributed by atoms with E-state index in [1.165, 1.54) is 12.1 Å². The number of aromatic carboxylic acids is 1. The lowest BCUT2D eigenvalue weighted by molar-refractivity contribution is 0.00653. The molecule has 0 spiro atoms. The fraction of sp³-hybridized carbons (Fsp3) is 0.375. The second kappa shape index (κ2) is 4.47. The first-order chi connectivity index (χ1) is 9.51. The number of carbonyl (C=O) groups excluding carboxylic acids is 1. The molecular weight excluding hydrogens is 256 g/mol. The molecule has 1 N–H and O–H groups in total. The molecule has 4 nitrogen and oxygen atoms in total. The van der Waals surface area contributed by atoms with E-state index in [1.54, 1.807) is 12.1 Å². The van der Waals surface area contributed by atoms with E-state index in [4.69, 9.17) is 9.84 Å². The van der Waals surface area contributed by atoms with E-state index in [-0.39, 0.29) is 28.6 Å². The highest BCUT2D eigenvalue weighted by Gasteiger charge is 2.49. The van der Waals surface area contributed by atoms with Crippen molar-refractivity contribution in [1.29, 1.82) is 0 Å². The van der Waals surface area contributed by atoms with Crippen molar-refractivity contribution in [3.63, 3.8) is 0 Å². The Morgan fingerprint density at radius 1 is 1.30 bits per heavy atom. The van der Waals surface area contributed by atoms with E-state index in [2.05, 4.69) is 19.1 Å². The smallest absolute Gasteiger partial charge is 0.339 e. The van der Waals surface area contributed by atoms with Crippen LogP contribution in [0, 0.1) is 11.3 Å². The molecular formula is C16H16O4. The van der Waals surface area contributed by atoms with Crippen LogP contribution in [0.2, 0.25) is 0 Å². The Balaban J connectivity index is 1.83. The number of hydrogen-bond acceptors (Lipinski definition) is 3. The molecule has 3 rings (SSSR count). The zero-order valence-corrected chi connectivity index (χ0v) is 11.2. The first-order valence-electron chi connectivity index (χ1n) is 6.74. The highest BCUT2D eigenvalue weighted by atomic mass is 16.5. The maximum absolute atomic E-state index is 12.3. The fourth-order valence-corrected chi connectivity index (χ4v) is 3.23. The molecule has 1 aromatic carbocycles. The van der Waals surface area contributed by atoms with E-state index >= 15 is 0 Å². The van der Waals surface area contributed by atoms with Gasteiger partial charge < -0.3 is 9.84 Å². The number of ether oxygens (including phenoxy) is 1. The van der Waals surface area contributed by atoms with Crippen molar-refractivity contribution in [3.8, 4) is 0 Å². The normalized spacial score (nSPS) is 30.4. The summed E-state index contributed by atoms with van der Waals surface area (Å²) in [5.41, 5.74) is 0.00856. The number of carboxylic acid groups (broad SMARTS) is 1. The third-order valence-electron chi connectivity index (χ3n) is 4.39. The molecule has 0 aliphatic heterocycles. The predicted octanol–water partition coefficient (Wildman–Crippen LogP) is 2.90. The molecule has 0 amide bonds. The van der Waals surface area contributed by atoms with Crippen LogP contribution in [0.3, 0.4) is 0 Å². The number of rotatable bonds is 3. The average molecular weight is 272 g/mol. The van der Waals surface area contributed by atoms with Gasteiger partial charge in [0, 0.05) is 11.3 Å². The maximum Gasteiger partial charge on any atom is 0.339 e. The zero-order chi connectivity index (χ0) is 14.3. The summed E-state index contributed by atoms with van der Waals surface area (Å²) in [4.78, 5) is 23.4. The first kappa shape index (κ1) is 12.9. The molecule has 2 aliphatic rings. The van der Waals surface area contributed by atoms with Gasteiger partial charge in [-0.15, -0.1) is 0 Å². The van der Waals surface area contributed by atoms with Gasteiger partial charge in [-0.1, -0.05) is 31.2 Å². The maximum atomic E-state index is 12.3. The minimum atomic E-state index is -1.11. The first-order valence-corrected chi connectivity index (χ1v) is 6.74. The molecule has 0 saturated heterocycles. The van der Waals surface area contributed by atoms with E-state index in [1.807, 2.05) is 0 Å². The lowest BCUT2D eigenvalue weighted by Crippen LogP contribution is -2.30. The van der Waals surface area contributed by atoms with E-state index < -0.39 is 11.9 Å². The second-order valence-electron chi connectivity index (χ2n) is 5.74. The lowest BCUT2D eigenvalue weighted by Gasteiger charge is -2.25. The van der Waals surface area contributed by atoms with Gasteiger partial charge in [-0.25, -0.2) is 9.59 Å². The Morgan fingerprint density at radius 3 is 2.50 bits per heavy atom. The van der Waals surface area contributed by atoms with Crippen molar-refractivity contribution >= 4 is 11.9 Å². The lowest BCUT2D eigenvalue weighted by atomic mass is 9.89. The molecule has 3 atom stereocenters. The summed E-state index contributed by atoms with van der Waals surface area (Å²) < 4.78 is 5.61. The van der Waals surface area contributed by atoms with Crippen LogP contribution in [0.4, 0.5) is 0 Å². The molecule has 1 saturated carbocycles. The number of fused-ring (bicyclic) bond motifs is 2. The molecule has 1 fully saturated rings. The van der Waals surface area contributed by atoms with E-state index in [9.17, 15) is 9.59 Å². The summed E-state index contributed by atoms with van der Waals surface area (Å²) in [6.07, 6.45) is 6.07. The topological polar surface area (TPSA) is 63.6 Å². The van der Waals surface area contributed by atoms with Crippen LogP contribution < -0.4 is 0 Å². The number of benzene rings is 1. The number of hydrogen-bond donors (Lipinski definition) is 1. The zero-order valence-electron chi connectivity index (χ0n) is 11.2. The highest BCUT2D eigenvalue weighted by molar-refractivity contribution is 6.02. The minimum Gasteiger partial charge on any atom is -0.478 e. The molecule has 0 unspecified atom stereocenters. The Hall–Kier alpha value is -2.10. The fourth-order valence-electron chi connectivity index (χ4n) is 3.23. The van der Waals surface area contributed by atoms with Crippen molar-refractivity contribution in [2.24, 2.45) is 11.3 Å². The third-order valence-corrected chi connectivity index (χ3v) is 4.39. The van der Waals surface area contributed by atoms with Gasteiger partial charge >= 0.3 is 11.9 Å². The van der Waals surface area contributed by atoms with Crippen LogP contribution in [0.5, 0.6) is 0 Å². The van der Waals surface area contributed by atoms with E-state index in [0.29, 0.717) is 0 Å².